The van der Waals surface area contributed by atoms with Crippen molar-refractivity contribution in [2.24, 2.45) is 0 Å². The summed E-state index contributed by atoms with van der Waals surface area (Å²) in [4.78, 5) is 5.20. The number of hydrogen-bond donors (Lipinski definition) is 0. The quantitative estimate of drug-likeness (QED) is 0.645. The van der Waals surface area contributed by atoms with E-state index < -0.39 is 0 Å². The summed E-state index contributed by atoms with van der Waals surface area (Å²) in [6.45, 7) is 5.22. The molecule has 148 valence electrons. The number of fused-ring (bicyclic) bond motifs is 1. The molecule has 1 aliphatic heterocycles. The van der Waals surface area contributed by atoms with Gasteiger partial charge in [-0.25, -0.2) is 4.39 Å². The standard InChI is InChI=1S/C26H27FN2/c27-25-12-10-24(11-13-25)26(18-22-8-4-5-9-23(22)19-26)29-16-14-28(15-17-29)20-21-6-2-1-3-7-21/h1-13H,14-20H2. The van der Waals surface area contributed by atoms with Crippen molar-refractivity contribution in [3.05, 3.63) is 107 Å². The molecule has 29 heavy (non-hydrogen) atoms. The van der Waals surface area contributed by atoms with Crippen LogP contribution >= 0.6 is 0 Å². The molecule has 0 amide bonds. The van der Waals surface area contributed by atoms with E-state index in [1.54, 1.807) is 12.1 Å². The van der Waals surface area contributed by atoms with Crippen LogP contribution in [0.4, 0.5) is 4.39 Å². The van der Waals surface area contributed by atoms with Crippen LogP contribution in [0, 0.1) is 5.82 Å². The van der Waals surface area contributed by atoms with Gasteiger partial charge in [-0.2, -0.15) is 0 Å². The highest BCUT2D eigenvalue weighted by molar-refractivity contribution is 5.42. The summed E-state index contributed by atoms with van der Waals surface area (Å²) < 4.78 is 13.6. The van der Waals surface area contributed by atoms with E-state index in [0.29, 0.717) is 0 Å². The van der Waals surface area contributed by atoms with Gasteiger partial charge in [0.15, 0.2) is 0 Å². The lowest BCUT2D eigenvalue weighted by Crippen LogP contribution is -2.55. The van der Waals surface area contributed by atoms with Crippen molar-refractivity contribution in [2.75, 3.05) is 26.2 Å². The first-order chi connectivity index (χ1) is 14.2. The Morgan fingerprint density at radius 1 is 0.690 bits per heavy atom. The summed E-state index contributed by atoms with van der Waals surface area (Å²) in [5.74, 6) is -0.160. The van der Waals surface area contributed by atoms with Crippen molar-refractivity contribution in [3.8, 4) is 0 Å². The van der Waals surface area contributed by atoms with E-state index in [1.807, 2.05) is 12.1 Å². The van der Waals surface area contributed by atoms with Gasteiger partial charge in [-0.05, 0) is 47.2 Å². The lowest BCUT2D eigenvalue weighted by Gasteiger charge is -2.46. The van der Waals surface area contributed by atoms with Gasteiger partial charge in [-0.3, -0.25) is 9.80 Å². The molecule has 0 saturated carbocycles. The van der Waals surface area contributed by atoms with Gasteiger partial charge in [0.25, 0.3) is 0 Å². The van der Waals surface area contributed by atoms with E-state index in [4.69, 9.17) is 0 Å². The Balaban J connectivity index is 1.38. The van der Waals surface area contributed by atoms with Gasteiger partial charge in [0.2, 0.25) is 0 Å². The molecule has 1 heterocycles. The van der Waals surface area contributed by atoms with Gasteiger partial charge in [0.1, 0.15) is 5.82 Å². The topological polar surface area (TPSA) is 6.48 Å². The maximum Gasteiger partial charge on any atom is 0.123 e. The van der Waals surface area contributed by atoms with E-state index >= 15 is 0 Å². The number of hydrogen-bond acceptors (Lipinski definition) is 2. The highest BCUT2D eigenvalue weighted by atomic mass is 19.1. The minimum Gasteiger partial charge on any atom is -0.297 e. The zero-order chi connectivity index (χ0) is 19.7. The van der Waals surface area contributed by atoms with Gasteiger partial charge >= 0.3 is 0 Å². The zero-order valence-corrected chi connectivity index (χ0v) is 16.7. The molecule has 0 spiro atoms. The van der Waals surface area contributed by atoms with Crippen LogP contribution in [0.1, 0.15) is 22.3 Å². The second-order valence-corrected chi connectivity index (χ2v) is 8.41. The molecule has 0 bridgehead atoms. The molecular formula is C26H27FN2. The fraction of sp³-hybridized carbons (Fsp3) is 0.308. The fourth-order valence-electron chi connectivity index (χ4n) is 5.14. The Morgan fingerprint density at radius 2 is 1.28 bits per heavy atom. The Hall–Kier alpha value is -2.49. The maximum atomic E-state index is 13.6. The first-order valence-electron chi connectivity index (χ1n) is 10.6. The maximum absolute atomic E-state index is 13.6. The smallest absolute Gasteiger partial charge is 0.123 e. The van der Waals surface area contributed by atoms with Crippen LogP contribution in [0.25, 0.3) is 0 Å². The Kier molecular flexibility index (Phi) is 4.94. The van der Waals surface area contributed by atoms with Crippen molar-refractivity contribution in [1.82, 2.24) is 9.80 Å². The second-order valence-electron chi connectivity index (χ2n) is 8.41. The summed E-state index contributed by atoms with van der Waals surface area (Å²) in [6, 6.07) is 26.7. The van der Waals surface area contributed by atoms with E-state index in [1.165, 1.54) is 22.3 Å². The molecule has 0 aromatic heterocycles. The van der Waals surface area contributed by atoms with Crippen LogP contribution < -0.4 is 0 Å². The van der Waals surface area contributed by atoms with Crippen LogP contribution in [0.15, 0.2) is 78.9 Å². The largest absolute Gasteiger partial charge is 0.297 e. The molecule has 1 saturated heterocycles. The first-order valence-corrected chi connectivity index (χ1v) is 10.6. The van der Waals surface area contributed by atoms with Crippen molar-refractivity contribution < 1.29 is 4.39 Å². The predicted octanol–water partition coefficient (Wildman–Crippen LogP) is 4.64. The summed E-state index contributed by atoms with van der Waals surface area (Å²) in [5.41, 5.74) is 5.43. The lowest BCUT2D eigenvalue weighted by molar-refractivity contribution is 0.0316. The van der Waals surface area contributed by atoms with Crippen molar-refractivity contribution in [3.63, 3.8) is 0 Å². The normalized spacial score (nSPS) is 19.2. The van der Waals surface area contributed by atoms with Crippen LogP contribution in [0.2, 0.25) is 0 Å². The molecule has 0 radical (unpaired) electrons. The molecular weight excluding hydrogens is 359 g/mol. The summed E-state index contributed by atoms with van der Waals surface area (Å²) in [5, 5.41) is 0. The van der Waals surface area contributed by atoms with Crippen LogP contribution in [0.5, 0.6) is 0 Å². The molecule has 3 aromatic carbocycles. The molecule has 3 heteroatoms. The third-order valence-corrected chi connectivity index (χ3v) is 6.69. The molecule has 1 aliphatic carbocycles. The van der Waals surface area contributed by atoms with Crippen LogP contribution in [-0.2, 0) is 24.9 Å². The summed E-state index contributed by atoms with van der Waals surface area (Å²) in [7, 11) is 0. The Morgan fingerprint density at radius 3 is 1.90 bits per heavy atom. The average Bonchev–Trinajstić information content (AvgIpc) is 3.16. The van der Waals surface area contributed by atoms with Gasteiger partial charge in [-0.15, -0.1) is 0 Å². The number of piperazine rings is 1. The molecule has 0 atom stereocenters. The van der Waals surface area contributed by atoms with Crippen molar-refractivity contribution >= 4 is 0 Å². The van der Waals surface area contributed by atoms with Crippen molar-refractivity contribution in [2.45, 2.75) is 24.9 Å². The Bertz CT molecular complexity index is 935. The van der Waals surface area contributed by atoms with Crippen LogP contribution in [-0.4, -0.2) is 36.0 Å². The average molecular weight is 387 g/mol. The van der Waals surface area contributed by atoms with Gasteiger partial charge in [0.05, 0.1) is 5.54 Å². The highest BCUT2D eigenvalue weighted by Crippen LogP contribution is 2.43. The van der Waals surface area contributed by atoms with E-state index in [-0.39, 0.29) is 11.4 Å². The van der Waals surface area contributed by atoms with E-state index in [2.05, 4.69) is 64.4 Å². The highest BCUT2D eigenvalue weighted by Gasteiger charge is 2.44. The molecule has 2 aliphatic rings. The zero-order valence-electron chi connectivity index (χ0n) is 16.7. The fourth-order valence-corrected chi connectivity index (χ4v) is 5.14. The van der Waals surface area contributed by atoms with E-state index in [9.17, 15) is 4.39 Å². The minimum absolute atomic E-state index is 0.0593. The lowest BCUT2D eigenvalue weighted by atomic mass is 9.84. The molecule has 0 N–H and O–H groups in total. The Labute approximate surface area is 172 Å². The van der Waals surface area contributed by atoms with Gasteiger partial charge in [0, 0.05) is 32.7 Å². The first kappa shape index (κ1) is 18.5. The second kappa shape index (κ2) is 7.74. The molecule has 3 aromatic rings. The van der Waals surface area contributed by atoms with Gasteiger partial charge in [-0.1, -0.05) is 66.7 Å². The third kappa shape index (κ3) is 3.61. The molecule has 5 rings (SSSR count). The van der Waals surface area contributed by atoms with E-state index in [0.717, 1.165) is 45.6 Å². The number of rotatable bonds is 4. The summed E-state index contributed by atoms with van der Waals surface area (Å²) in [6.07, 6.45) is 2.01. The van der Waals surface area contributed by atoms with Crippen LogP contribution in [0.3, 0.4) is 0 Å². The molecule has 0 unspecified atom stereocenters. The molecule has 1 fully saturated rings. The number of nitrogens with zero attached hydrogens (tertiary/aromatic N) is 2. The third-order valence-electron chi connectivity index (χ3n) is 6.69. The number of benzene rings is 3. The SMILES string of the molecule is Fc1ccc(C2(N3CCN(Cc4ccccc4)CC3)Cc3ccccc3C2)cc1. The predicted molar refractivity (Wildman–Crippen MR) is 115 cm³/mol. The molecule has 2 nitrogen and oxygen atoms in total. The monoisotopic (exact) mass is 386 g/mol. The number of halogens is 1. The van der Waals surface area contributed by atoms with Gasteiger partial charge < -0.3 is 0 Å². The summed E-state index contributed by atoms with van der Waals surface area (Å²) >= 11 is 0. The van der Waals surface area contributed by atoms with Crippen molar-refractivity contribution in [1.29, 1.82) is 0 Å². The minimum atomic E-state index is -0.160.